The van der Waals surface area contributed by atoms with Gasteiger partial charge in [0.25, 0.3) is 0 Å². The first-order valence-corrected chi connectivity index (χ1v) is 16.4. The lowest BCUT2D eigenvalue weighted by Crippen LogP contribution is -2.48. The van der Waals surface area contributed by atoms with Crippen LogP contribution in [-0.2, 0) is 16.9 Å². The Bertz CT molecular complexity index is 1390. The van der Waals surface area contributed by atoms with Crippen molar-refractivity contribution < 1.29 is 8.42 Å². The van der Waals surface area contributed by atoms with E-state index in [9.17, 15) is 8.42 Å². The van der Waals surface area contributed by atoms with Gasteiger partial charge in [-0.15, -0.1) is 0 Å². The quantitative estimate of drug-likeness (QED) is 0.424. The Balaban J connectivity index is 1.12. The fourth-order valence-electron chi connectivity index (χ4n) is 6.94. The van der Waals surface area contributed by atoms with Crippen LogP contribution in [0.3, 0.4) is 0 Å². The number of sulfone groups is 1. The first-order chi connectivity index (χ1) is 18.3. The molecule has 1 saturated carbocycles. The predicted octanol–water partition coefficient (Wildman–Crippen LogP) is 5.40. The highest BCUT2D eigenvalue weighted by atomic mass is 32.2. The summed E-state index contributed by atoms with van der Waals surface area (Å²) in [6.45, 7) is 8.50. The maximum Gasteiger partial charge on any atom is 0.175 e. The van der Waals surface area contributed by atoms with Crippen LogP contribution in [0.25, 0.3) is 22.4 Å². The van der Waals surface area contributed by atoms with Crippen molar-refractivity contribution in [1.82, 2.24) is 19.4 Å². The number of hydrogen-bond acceptors (Lipinski definition) is 5. The summed E-state index contributed by atoms with van der Waals surface area (Å²) in [7, 11) is -1.14. The van der Waals surface area contributed by atoms with Gasteiger partial charge in [0.1, 0.15) is 5.82 Å². The fourth-order valence-corrected chi connectivity index (χ4v) is 7.57. The molecule has 0 bridgehead atoms. The highest BCUT2D eigenvalue weighted by Gasteiger charge is 2.30. The van der Waals surface area contributed by atoms with Crippen LogP contribution < -0.4 is 0 Å². The van der Waals surface area contributed by atoms with Crippen molar-refractivity contribution in [1.29, 1.82) is 0 Å². The molecule has 2 saturated heterocycles. The number of imidazole rings is 1. The molecule has 3 heterocycles. The molecule has 0 unspecified atom stereocenters. The van der Waals surface area contributed by atoms with Crippen LogP contribution >= 0.6 is 0 Å². The van der Waals surface area contributed by atoms with E-state index in [0.29, 0.717) is 10.8 Å². The molecule has 2 aliphatic heterocycles. The molecular formula is C31H42N4O2S. The second kappa shape index (κ2) is 10.4. The minimum atomic E-state index is -3.21. The molecule has 3 aliphatic rings. The fraction of sp³-hybridized carbons (Fsp3) is 0.581. The van der Waals surface area contributed by atoms with E-state index in [4.69, 9.17) is 4.98 Å². The van der Waals surface area contributed by atoms with Gasteiger partial charge in [-0.25, -0.2) is 13.4 Å². The first kappa shape index (κ1) is 26.0. The van der Waals surface area contributed by atoms with E-state index in [2.05, 4.69) is 40.5 Å². The normalized spacial score (nSPS) is 21.2. The van der Waals surface area contributed by atoms with Crippen LogP contribution in [0.1, 0.15) is 62.0 Å². The molecule has 0 N–H and O–H groups in total. The van der Waals surface area contributed by atoms with Gasteiger partial charge in [-0.05, 0) is 125 Å². The van der Waals surface area contributed by atoms with E-state index in [0.717, 1.165) is 34.4 Å². The van der Waals surface area contributed by atoms with E-state index in [1.54, 1.807) is 12.1 Å². The molecule has 6 rings (SSSR count). The van der Waals surface area contributed by atoms with E-state index >= 15 is 0 Å². The maximum absolute atomic E-state index is 11.9. The smallest absolute Gasteiger partial charge is 0.175 e. The van der Waals surface area contributed by atoms with Gasteiger partial charge in [-0.3, -0.25) is 0 Å². The second-order valence-electron chi connectivity index (χ2n) is 12.1. The van der Waals surface area contributed by atoms with Gasteiger partial charge in [-0.2, -0.15) is 0 Å². The summed E-state index contributed by atoms with van der Waals surface area (Å²) in [4.78, 5) is 10.8. The minimum absolute atomic E-state index is 0.337. The maximum atomic E-state index is 11.9. The molecule has 0 amide bonds. The number of rotatable bonds is 6. The van der Waals surface area contributed by atoms with Gasteiger partial charge < -0.3 is 14.4 Å². The van der Waals surface area contributed by atoms with E-state index in [1.165, 1.54) is 95.1 Å². The van der Waals surface area contributed by atoms with Gasteiger partial charge in [0.15, 0.2) is 9.84 Å². The summed E-state index contributed by atoms with van der Waals surface area (Å²) < 4.78 is 25.9. The van der Waals surface area contributed by atoms with Crippen molar-refractivity contribution in [3.05, 3.63) is 47.5 Å². The number of aromatic nitrogens is 2. The van der Waals surface area contributed by atoms with E-state index < -0.39 is 9.84 Å². The van der Waals surface area contributed by atoms with Gasteiger partial charge in [-0.1, -0.05) is 12.5 Å². The van der Waals surface area contributed by atoms with E-state index in [-0.39, 0.29) is 0 Å². The van der Waals surface area contributed by atoms with Crippen LogP contribution in [0.5, 0.6) is 0 Å². The van der Waals surface area contributed by atoms with Crippen molar-refractivity contribution in [2.45, 2.75) is 68.7 Å². The molecule has 6 nitrogen and oxygen atoms in total. The minimum Gasteiger partial charge on any atom is -0.327 e. The Morgan fingerprint density at radius 3 is 2.21 bits per heavy atom. The number of benzene rings is 2. The van der Waals surface area contributed by atoms with Crippen LogP contribution in [0.15, 0.2) is 41.3 Å². The number of aryl methyl sites for hydroxylation is 2. The molecule has 3 aromatic rings. The molecular weight excluding hydrogens is 492 g/mol. The number of hydrogen-bond donors (Lipinski definition) is 0. The number of piperidine rings is 2. The molecule has 1 aliphatic carbocycles. The predicted molar refractivity (Wildman–Crippen MR) is 154 cm³/mol. The lowest BCUT2D eigenvalue weighted by atomic mass is 9.84. The molecule has 0 spiro atoms. The Morgan fingerprint density at radius 1 is 0.921 bits per heavy atom. The second-order valence-corrected chi connectivity index (χ2v) is 14.2. The lowest BCUT2D eigenvalue weighted by molar-refractivity contribution is 0.0729. The standard InChI is InChI=1S/C31H42N4O2S/c1-22-19-26(20-29-30(22)32-31(33(29)2)25-7-9-28(10-8-25)38(3,36)37)24-11-17-35(18-12-24)27-13-15-34(16-14-27)21-23-5-4-6-23/h7-10,19-20,23-24,27H,4-6,11-18,21H2,1-3H3. The third-order valence-electron chi connectivity index (χ3n) is 9.56. The Kier molecular flexibility index (Phi) is 7.12. The summed E-state index contributed by atoms with van der Waals surface area (Å²) in [5.41, 5.74) is 5.78. The molecule has 1 aromatic heterocycles. The van der Waals surface area contributed by atoms with Crippen molar-refractivity contribution in [2.75, 3.05) is 39.0 Å². The summed E-state index contributed by atoms with van der Waals surface area (Å²) >= 11 is 0. The van der Waals surface area contributed by atoms with E-state index in [1.807, 2.05) is 12.1 Å². The van der Waals surface area contributed by atoms with Crippen LogP contribution in [0.2, 0.25) is 0 Å². The Labute approximate surface area is 228 Å². The zero-order valence-corrected chi connectivity index (χ0v) is 24.0. The summed E-state index contributed by atoms with van der Waals surface area (Å²) in [5, 5.41) is 0. The summed E-state index contributed by atoms with van der Waals surface area (Å²) in [6.07, 6.45) is 10.7. The number of likely N-dealkylation sites (tertiary alicyclic amines) is 2. The molecule has 3 fully saturated rings. The lowest BCUT2D eigenvalue weighted by Gasteiger charge is -2.43. The van der Waals surface area contributed by atoms with Gasteiger partial charge in [0.2, 0.25) is 0 Å². The zero-order valence-electron chi connectivity index (χ0n) is 23.2. The van der Waals surface area contributed by atoms with Crippen molar-refractivity contribution in [2.24, 2.45) is 13.0 Å². The van der Waals surface area contributed by atoms with Crippen molar-refractivity contribution in [3.8, 4) is 11.4 Å². The monoisotopic (exact) mass is 534 g/mol. The van der Waals surface area contributed by atoms with Crippen molar-refractivity contribution >= 4 is 20.9 Å². The molecule has 0 radical (unpaired) electrons. The first-order valence-electron chi connectivity index (χ1n) is 14.5. The summed E-state index contributed by atoms with van der Waals surface area (Å²) in [6, 6.07) is 12.5. The van der Waals surface area contributed by atoms with Gasteiger partial charge in [0.05, 0.1) is 15.9 Å². The molecule has 2 aromatic carbocycles. The van der Waals surface area contributed by atoms with Crippen LogP contribution in [-0.4, -0.2) is 72.8 Å². The Morgan fingerprint density at radius 2 is 1.61 bits per heavy atom. The average molecular weight is 535 g/mol. The highest BCUT2D eigenvalue weighted by Crippen LogP contribution is 2.35. The third kappa shape index (κ3) is 5.17. The topological polar surface area (TPSA) is 58.4 Å². The van der Waals surface area contributed by atoms with Gasteiger partial charge >= 0.3 is 0 Å². The molecule has 38 heavy (non-hydrogen) atoms. The number of fused-ring (bicyclic) bond motifs is 1. The molecule has 204 valence electrons. The number of nitrogens with zero attached hydrogens (tertiary/aromatic N) is 4. The molecule has 7 heteroatoms. The SMILES string of the molecule is Cc1cc(C2CCN(C3CCN(CC4CCC4)CC3)CC2)cc2c1nc(-c1ccc(S(C)(=O)=O)cc1)n2C. The Hall–Kier alpha value is -2.22. The van der Waals surface area contributed by atoms with Crippen molar-refractivity contribution in [3.63, 3.8) is 0 Å². The van der Waals surface area contributed by atoms with Crippen LogP contribution in [0.4, 0.5) is 0 Å². The van der Waals surface area contributed by atoms with Gasteiger partial charge in [0, 0.05) is 31.5 Å². The summed E-state index contributed by atoms with van der Waals surface area (Å²) in [5.74, 6) is 2.46. The zero-order chi connectivity index (χ0) is 26.4. The third-order valence-corrected chi connectivity index (χ3v) is 10.7. The molecule has 0 atom stereocenters. The highest BCUT2D eigenvalue weighted by molar-refractivity contribution is 7.90. The average Bonchev–Trinajstić information content (AvgIpc) is 3.23. The van der Waals surface area contributed by atoms with Crippen LogP contribution in [0, 0.1) is 12.8 Å². The largest absolute Gasteiger partial charge is 0.327 e.